The Morgan fingerprint density at radius 2 is 2.11 bits per heavy atom. The van der Waals surface area contributed by atoms with Gasteiger partial charge in [-0.25, -0.2) is 4.98 Å². The maximum absolute atomic E-state index is 12.5. The van der Waals surface area contributed by atoms with Crippen molar-refractivity contribution in [2.75, 3.05) is 5.32 Å². The van der Waals surface area contributed by atoms with Gasteiger partial charge in [-0.1, -0.05) is 13.8 Å². The summed E-state index contributed by atoms with van der Waals surface area (Å²) in [4.78, 5) is 24.5. The Morgan fingerprint density at radius 1 is 1.22 bits per heavy atom. The Labute approximate surface area is 156 Å². The van der Waals surface area contributed by atoms with Gasteiger partial charge in [-0.3, -0.25) is 14.9 Å². The molecule has 27 heavy (non-hydrogen) atoms. The van der Waals surface area contributed by atoms with Crippen molar-refractivity contribution in [1.82, 2.24) is 25.1 Å². The summed E-state index contributed by atoms with van der Waals surface area (Å²) in [5.41, 5.74) is 4.41. The first kappa shape index (κ1) is 17.0. The van der Waals surface area contributed by atoms with Crippen LogP contribution in [0.15, 0.2) is 48.8 Å². The van der Waals surface area contributed by atoms with Crippen LogP contribution in [0.2, 0.25) is 0 Å². The Kier molecular flexibility index (Phi) is 4.42. The van der Waals surface area contributed by atoms with Crippen LogP contribution in [-0.2, 0) is 6.42 Å². The van der Waals surface area contributed by atoms with Crippen molar-refractivity contribution in [3.63, 3.8) is 0 Å². The molecule has 0 fully saturated rings. The number of amides is 1. The number of nitrogens with zero attached hydrogens (tertiary/aromatic N) is 3. The number of aromatic amines is 2. The highest BCUT2D eigenvalue weighted by atomic mass is 16.1. The molecule has 0 unspecified atom stereocenters. The first-order valence-electron chi connectivity index (χ1n) is 8.84. The molecule has 0 spiro atoms. The van der Waals surface area contributed by atoms with Gasteiger partial charge in [0.1, 0.15) is 11.5 Å². The van der Waals surface area contributed by atoms with E-state index >= 15 is 0 Å². The average molecular weight is 360 g/mol. The first-order chi connectivity index (χ1) is 13.1. The molecule has 7 heteroatoms. The minimum absolute atomic E-state index is 0.251. The lowest BCUT2D eigenvalue weighted by Gasteiger charge is -2.03. The zero-order valence-corrected chi connectivity index (χ0v) is 15.2. The van der Waals surface area contributed by atoms with E-state index < -0.39 is 0 Å². The van der Waals surface area contributed by atoms with E-state index in [-0.39, 0.29) is 5.91 Å². The lowest BCUT2D eigenvalue weighted by Crippen LogP contribution is -2.12. The molecule has 1 aromatic carbocycles. The number of imidazole rings is 1. The molecule has 136 valence electrons. The predicted molar refractivity (Wildman–Crippen MR) is 104 cm³/mol. The highest BCUT2D eigenvalue weighted by Gasteiger charge is 2.12. The SMILES string of the molecule is CC(C)Cc1nc2ccc(NC(=O)c3cc(-c4cccnc4)n[nH]3)cc2[nH]1. The smallest absolute Gasteiger partial charge is 0.273 e. The molecule has 4 rings (SSSR count). The van der Waals surface area contributed by atoms with Crippen LogP contribution in [0.4, 0.5) is 5.69 Å². The van der Waals surface area contributed by atoms with E-state index in [0.717, 1.165) is 28.8 Å². The number of benzene rings is 1. The Hall–Kier alpha value is -3.48. The average Bonchev–Trinajstić information content (AvgIpc) is 3.28. The predicted octanol–water partition coefficient (Wildman–Crippen LogP) is 3.80. The van der Waals surface area contributed by atoms with Gasteiger partial charge in [0, 0.05) is 30.1 Å². The largest absolute Gasteiger partial charge is 0.342 e. The van der Waals surface area contributed by atoms with Crippen LogP contribution >= 0.6 is 0 Å². The number of hydrogen-bond acceptors (Lipinski definition) is 4. The summed E-state index contributed by atoms with van der Waals surface area (Å²) in [6, 6.07) is 11.1. The van der Waals surface area contributed by atoms with E-state index in [1.165, 1.54) is 0 Å². The van der Waals surface area contributed by atoms with Gasteiger partial charge in [0.2, 0.25) is 0 Å². The van der Waals surface area contributed by atoms with Gasteiger partial charge in [0.05, 0.1) is 16.7 Å². The van der Waals surface area contributed by atoms with Gasteiger partial charge in [-0.15, -0.1) is 0 Å². The molecule has 3 heterocycles. The van der Waals surface area contributed by atoms with Crippen molar-refractivity contribution in [3.8, 4) is 11.3 Å². The summed E-state index contributed by atoms with van der Waals surface area (Å²) in [7, 11) is 0. The fourth-order valence-corrected chi connectivity index (χ4v) is 2.92. The number of H-pyrrole nitrogens is 2. The van der Waals surface area contributed by atoms with E-state index in [1.807, 2.05) is 30.3 Å². The van der Waals surface area contributed by atoms with Crippen molar-refractivity contribution < 1.29 is 4.79 Å². The van der Waals surface area contributed by atoms with Crippen molar-refractivity contribution in [3.05, 3.63) is 60.3 Å². The van der Waals surface area contributed by atoms with Crippen molar-refractivity contribution in [2.24, 2.45) is 5.92 Å². The minimum atomic E-state index is -0.251. The maximum Gasteiger partial charge on any atom is 0.273 e. The van der Waals surface area contributed by atoms with Crippen molar-refractivity contribution in [2.45, 2.75) is 20.3 Å². The van der Waals surface area contributed by atoms with Crippen LogP contribution in [0.1, 0.15) is 30.2 Å². The molecule has 0 radical (unpaired) electrons. The van der Waals surface area contributed by atoms with Crippen LogP contribution < -0.4 is 5.32 Å². The molecule has 1 amide bonds. The normalized spacial score (nSPS) is 11.2. The van der Waals surface area contributed by atoms with Crippen LogP contribution in [0.25, 0.3) is 22.3 Å². The monoisotopic (exact) mass is 360 g/mol. The molecule has 0 bridgehead atoms. The van der Waals surface area contributed by atoms with Crippen LogP contribution in [0.3, 0.4) is 0 Å². The van der Waals surface area contributed by atoms with Gasteiger partial charge in [0.25, 0.3) is 5.91 Å². The van der Waals surface area contributed by atoms with Gasteiger partial charge < -0.3 is 10.3 Å². The molecule has 4 aromatic rings. The minimum Gasteiger partial charge on any atom is -0.342 e. The van der Waals surface area contributed by atoms with E-state index in [0.29, 0.717) is 23.0 Å². The molecule has 0 saturated heterocycles. The molecule has 0 aliphatic heterocycles. The number of rotatable bonds is 5. The Bertz CT molecular complexity index is 1080. The fraction of sp³-hybridized carbons (Fsp3) is 0.200. The third-order valence-corrected chi connectivity index (χ3v) is 4.17. The quantitative estimate of drug-likeness (QED) is 0.504. The van der Waals surface area contributed by atoms with Crippen LogP contribution in [0, 0.1) is 5.92 Å². The van der Waals surface area contributed by atoms with E-state index in [2.05, 4.69) is 44.3 Å². The van der Waals surface area contributed by atoms with Gasteiger partial charge in [-0.05, 0) is 42.3 Å². The maximum atomic E-state index is 12.5. The van der Waals surface area contributed by atoms with Crippen molar-refractivity contribution in [1.29, 1.82) is 0 Å². The molecule has 0 atom stereocenters. The van der Waals surface area contributed by atoms with E-state index in [4.69, 9.17) is 0 Å². The highest BCUT2D eigenvalue weighted by Crippen LogP contribution is 2.20. The number of carbonyl (C=O) groups excluding carboxylic acids is 1. The number of carbonyl (C=O) groups is 1. The zero-order valence-electron chi connectivity index (χ0n) is 15.2. The third kappa shape index (κ3) is 3.72. The molecule has 3 aromatic heterocycles. The second-order valence-corrected chi connectivity index (χ2v) is 6.88. The van der Waals surface area contributed by atoms with E-state index in [9.17, 15) is 4.79 Å². The van der Waals surface area contributed by atoms with E-state index in [1.54, 1.807) is 18.5 Å². The molecule has 0 aliphatic rings. The summed E-state index contributed by atoms with van der Waals surface area (Å²) in [6.07, 6.45) is 4.29. The molecular weight excluding hydrogens is 340 g/mol. The summed E-state index contributed by atoms with van der Waals surface area (Å²) >= 11 is 0. The number of pyridine rings is 1. The molecule has 7 nitrogen and oxygen atoms in total. The second kappa shape index (κ2) is 7.03. The van der Waals surface area contributed by atoms with Crippen molar-refractivity contribution >= 4 is 22.6 Å². The Morgan fingerprint density at radius 3 is 2.89 bits per heavy atom. The number of nitrogens with one attached hydrogen (secondary N) is 3. The number of fused-ring (bicyclic) bond motifs is 1. The van der Waals surface area contributed by atoms with Crippen LogP contribution in [-0.4, -0.2) is 31.1 Å². The van der Waals surface area contributed by atoms with Gasteiger partial charge >= 0.3 is 0 Å². The third-order valence-electron chi connectivity index (χ3n) is 4.17. The molecular formula is C20H20N6O. The number of anilines is 1. The summed E-state index contributed by atoms with van der Waals surface area (Å²) < 4.78 is 0. The fourth-order valence-electron chi connectivity index (χ4n) is 2.92. The van der Waals surface area contributed by atoms with Crippen LogP contribution in [0.5, 0.6) is 0 Å². The second-order valence-electron chi connectivity index (χ2n) is 6.88. The standard InChI is InChI=1S/C20H20N6O/c1-12(2)8-19-23-15-6-5-14(9-17(15)24-19)22-20(27)18-10-16(25-26-18)13-4-3-7-21-11-13/h3-7,9-12H,8H2,1-2H3,(H,22,27)(H,23,24)(H,25,26). The lowest BCUT2D eigenvalue weighted by molar-refractivity contribution is 0.102. The zero-order chi connectivity index (χ0) is 18.8. The molecule has 0 aliphatic carbocycles. The molecule has 0 saturated carbocycles. The number of aromatic nitrogens is 5. The molecule has 3 N–H and O–H groups in total. The first-order valence-corrected chi connectivity index (χ1v) is 8.84. The van der Waals surface area contributed by atoms with Gasteiger partial charge in [-0.2, -0.15) is 5.10 Å². The lowest BCUT2D eigenvalue weighted by atomic mass is 10.1. The Balaban J connectivity index is 1.51. The summed E-state index contributed by atoms with van der Waals surface area (Å²) in [6.45, 7) is 4.31. The topological polar surface area (TPSA) is 99.3 Å². The summed E-state index contributed by atoms with van der Waals surface area (Å²) in [5, 5.41) is 9.86. The highest BCUT2D eigenvalue weighted by molar-refractivity contribution is 6.04. The number of hydrogen-bond donors (Lipinski definition) is 3. The summed E-state index contributed by atoms with van der Waals surface area (Å²) in [5.74, 6) is 1.23. The van der Waals surface area contributed by atoms with Gasteiger partial charge in [0.15, 0.2) is 0 Å².